The van der Waals surface area contributed by atoms with Crippen molar-refractivity contribution in [3.63, 3.8) is 0 Å². The molecule has 0 bridgehead atoms. The SMILES string of the molecule is C=C(CN)c1ccc(Cl)cc1Br. The van der Waals surface area contributed by atoms with Crippen LogP contribution in [-0.2, 0) is 0 Å². The van der Waals surface area contributed by atoms with E-state index in [0.29, 0.717) is 11.6 Å². The van der Waals surface area contributed by atoms with Gasteiger partial charge in [0.1, 0.15) is 0 Å². The molecule has 0 spiro atoms. The third kappa shape index (κ3) is 2.09. The molecule has 0 heterocycles. The van der Waals surface area contributed by atoms with Gasteiger partial charge >= 0.3 is 0 Å². The lowest BCUT2D eigenvalue weighted by Gasteiger charge is -2.05. The Balaban J connectivity index is 3.09. The van der Waals surface area contributed by atoms with Gasteiger partial charge in [-0.2, -0.15) is 0 Å². The molecule has 0 unspecified atom stereocenters. The first-order valence-electron chi connectivity index (χ1n) is 3.48. The molecule has 0 aliphatic heterocycles. The molecule has 0 saturated heterocycles. The predicted octanol–water partition coefficient (Wildman–Crippen LogP) is 3.07. The quantitative estimate of drug-likeness (QED) is 0.853. The second kappa shape index (κ2) is 4.08. The number of nitrogens with two attached hydrogens (primary N) is 1. The Morgan fingerprint density at radius 1 is 1.58 bits per heavy atom. The van der Waals surface area contributed by atoms with E-state index < -0.39 is 0 Å². The summed E-state index contributed by atoms with van der Waals surface area (Å²) in [6.45, 7) is 4.29. The van der Waals surface area contributed by atoms with Crippen molar-refractivity contribution in [2.75, 3.05) is 6.54 Å². The van der Waals surface area contributed by atoms with Crippen molar-refractivity contribution < 1.29 is 0 Å². The van der Waals surface area contributed by atoms with Crippen LogP contribution in [0.5, 0.6) is 0 Å². The van der Waals surface area contributed by atoms with Crippen molar-refractivity contribution in [1.29, 1.82) is 0 Å². The highest BCUT2D eigenvalue weighted by Gasteiger charge is 2.02. The average Bonchev–Trinajstić information content (AvgIpc) is 2.03. The lowest BCUT2D eigenvalue weighted by atomic mass is 10.1. The average molecular weight is 247 g/mol. The summed E-state index contributed by atoms with van der Waals surface area (Å²) in [7, 11) is 0. The Hall–Kier alpha value is -0.310. The Labute approximate surface area is 85.3 Å². The highest BCUT2D eigenvalue weighted by molar-refractivity contribution is 9.10. The lowest BCUT2D eigenvalue weighted by molar-refractivity contribution is 1.27. The maximum atomic E-state index is 5.77. The molecule has 0 radical (unpaired) electrons. The first-order chi connectivity index (χ1) is 5.65. The topological polar surface area (TPSA) is 26.0 Å². The monoisotopic (exact) mass is 245 g/mol. The minimum Gasteiger partial charge on any atom is -0.326 e. The van der Waals surface area contributed by atoms with Crippen LogP contribution >= 0.6 is 27.5 Å². The molecular weight excluding hydrogens is 237 g/mol. The summed E-state index contributed by atoms with van der Waals surface area (Å²) >= 11 is 9.16. The van der Waals surface area contributed by atoms with Gasteiger partial charge in [-0.05, 0) is 23.3 Å². The van der Waals surface area contributed by atoms with E-state index in [1.54, 1.807) is 0 Å². The van der Waals surface area contributed by atoms with E-state index in [1.807, 2.05) is 18.2 Å². The molecule has 3 heteroatoms. The van der Waals surface area contributed by atoms with Crippen molar-refractivity contribution in [3.05, 3.63) is 39.8 Å². The summed E-state index contributed by atoms with van der Waals surface area (Å²) < 4.78 is 0.936. The zero-order valence-corrected chi connectivity index (χ0v) is 8.82. The van der Waals surface area contributed by atoms with Crippen molar-refractivity contribution in [2.45, 2.75) is 0 Å². The van der Waals surface area contributed by atoms with Crippen LogP contribution in [0, 0.1) is 0 Å². The normalized spacial score (nSPS) is 9.92. The van der Waals surface area contributed by atoms with Gasteiger partial charge in [0.05, 0.1) is 0 Å². The molecule has 1 aromatic carbocycles. The van der Waals surface area contributed by atoms with Gasteiger partial charge in [-0.1, -0.05) is 40.2 Å². The number of rotatable bonds is 2. The van der Waals surface area contributed by atoms with Crippen LogP contribution in [0.25, 0.3) is 5.57 Å². The Morgan fingerprint density at radius 3 is 2.75 bits per heavy atom. The van der Waals surface area contributed by atoms with Crippen molar-refractivity contribution in [3.8, 4) is 0 Å². The van der Waals surface area contributed by atoms with Gasteiger partial charge < -0.3 is 5.73 Å². The molecule has 0 aliphatic rings. The minimum atomic E-state index is 0.459. The summed E-state index contributed by atoms with van der Waals surface area (Å²) in [4.78, 5) is 0. The van der Waals surface area contributed by atoms with E-state index >= 15 is 0 Å². The summed E-state index contributed by atoms with van der Waals surface area (Å²) in [6.07, 6.45) is 0. The standard InChI is InChI=1S/C9H9BrClN/c1-6(5-12)8-3-2-7(11)4-9(8)10/h2-4H,1,5,12H2. The molecular formula is C9H9BrClN. The lowest BCUT2D eigenvalue weighted by Crippen LogP contribution is -2.01. The highest BCUT2D eigenvalue weighted by Crippen LogP contribution is 2.25. The first-order valence-corrected chi connectivity index (χ1v) is 4.65. The smallest absolute Gasteiger partial charge is 0.0417 e. The first kappa shape index (κ1) is 9.78. The number of hydrogen-bond donors (Lipinski definition) is 1. The van der Waals surface area contributed by atoms with Gasteiger partial charge in [0.2, 0.25) is 0 Å². The molecule has 0 atom stereocenters. The molecule has 0 aliphatic carbocycles. The third-order valence-electron chi connectivity index (χ3n) is 1.56. The van der Waals surface area contributed by atoms with Crippen LogP contribution in [0.2, 0.25) is 5.02 Å². The molecule has 1 nitrogen and oxygen atoms in total. The number of hydrogen-bond acceptors (Lipinski definition) is 1. The van der Waals surface area contributed by atoms with Gasteiger partial charge in [-0.15, -0.1) is 0 Å². The van der Waals surface area contributed by atoms with E-state index in [1.165, 1.54) is 0 Å². The zero-order valence-electron chi connectivity index (χ0n) is 6.48. The van der Waals surface area contributed by atoms with Crippen LogP contribution in [0.3, 0.4) is 0 Å². The van der Waals surface area contributed by atoms with Crippen LogP contribution in [-0.4, -0.2) is 6.54 Å². The summed E-state index contributed by atoms with van der Waals surface area (Å²) in [5.41, 5.74) is 7.37. The Bertz CT molecular complexity index is 309. The fraction of sp³-hybridized carbons (Fsp3) is 0.111. The number of benzene rings is 1. The van der Waals surface area contributed by atoms with Crippen molar-refractivity contribution >= 4 is 33.1 Å². The molecule has 12 heavy (non-hydrogen) atoms. The third-order valence-corrected chi connectivity index (χ3v) is 2.45. The molecule has 2 N–H and O–H groups in total. The highest BCUT2D eigenvalue weighted by atomic mass is 79.9. The van der Waals surface area contributed by atoms with E-state index in [2.05, 4.69) is 22.5 Å². The van der Waals surface area contributed by atoms with Crippen LogP contribution in [0.1, 0.15) is 5.56 Å². The molecule has 0 fully saturated rings. The van der Waals surface area contributed by atoms with E-state index in [0.717, 1.165) is 15.6 Å². The van der Waals surface area contributed by atoms with Crippen LogP contribution in [0.4, 0.5) is 0 Å². The van der Waals surface area contributed by atoms with Crippen molar-refractivity contribution in [2.24, 2.45) is 5.73 Å². The second-order valence-corrected chi connectivity index (χ2v) is 3.72. The van der Waals surface area contributed by atoms with Crippen molar-refractivity contribution in [1.82, 2.24) is 0 Å². The van der Waals surface area contributed by atoms with Gasteiger partial charge in [0.25, 0.3) is 0 Å². The number of halogens is 2. The fourth-order valence-electron chi connectivity index (χ4n) is 0.886. The second-order valence-electron chi connectivity index (χ2n) is 2.43. The van der Waals surface area contributed by atoms with Gasteiger partial charge in [0.15, 0.2) is 0 Å². The van der Waals surface area contributed by atoms with E-state index in [4.69, 9.17) is 17.3 Å². The Morgan fingerprint density at radius 2 is 2.25 bits per heavy atom. The van der Waals surface area contributed by atoms with Crippen LogP contribution < -0.4 is 5.73 Å². The molecule has 0 amide bonds. The van der Waals surface area contributed by atoms with E-state index in [9.17, 15) is 0 Å². The summed E-state index contributed by atoms with van der Waals surface area (Å²) in [5, 5.41) is 0.704. The molecule has 64 valence electrons. The maximum absolute atomic E-state index is 5.77. The molecule has 0 saturated carbocycles. The summed E-state index contributed by atoms with van der Waals surface area (Å²) in [5.74, 6) is 0. The fourth-order valence-corrected chi connectivity index (χ4v) is 1.85. The maximum Gasteiger partial charge on any atom is 0.0417 e. The van der Waals surface area contributed by atoms with Gasteiger partial charge in [-0.25, -0.2) is 0 Å². The minimum absolute atomic E-state index is 0.459. The summed E-state index contributed by atoms with van der Waals surface area (Å²) in [6, 6.07) is 5.56. The zero-order chi connectivity index (χ0) is 9.14. The molecule has 1 rings (SSSR count). The molecule has 1 aromatic rings. The van der Waals surface area contributed by atoms with Gasteiger partial charge in [-0.3, -0.25) is 0 Å². The largest absolute Gasteiger partial charge is 0.326 e. The van der Waals surface area contributed by atoms with E-state index in [-0.39, 0.29) is 0 Å². The Kier molecular flexibility index (Phi) is 3.32. The van der Waals surface area contributed by atoms with Gasteiger partial charge in [0, 0.05) is 16.0 Å². The predicted molar refractivity (Wildman–Crippen MR) is 57.2 cm³/mol. The van der Waals surface area contributed by atoms with Crippen LogP contribution in [0.15, 0.2) is 29.3 Å². The molecule has 0 aromatic heterocycles.